The molecule has 2 aliphatic rings. The van der Waals surface area contributed by atoms with Gasteiger partial charge in [0.2, 0.25) is 11.8 Å². The number of amides is 3. The molecule has 2 fully saturated rings. The number of cyclic esters (lactones) is 1. The van der Waals surface area contributed by atoms with Gasteiger partial charge >= 0.3 is 12.3 Å². The quantitative estimate of drug-likeness (QED) is 0.214. The van der Waals surface area contributed by atoms with Gasteiger partial charge in [0, 0.05) is 18.0 Å². The summed E-state index contributed by atoms with van der Waals surface area (Å²) in [5.41, 5.74) is 0.788. The summed E-state index contributed by atoms with van der Waals surface area (Å²) in [5.74, 6) is -1.26. The molecule has 2 aliphatic heterocycles. The topological polar surface area (TPSA) is 96.0 Å². The molecule has 8 nitrogen and oxygen atoms in total. The minimum Gasteiger partial charge on any atom is -0.447 e. The van der Waals surface area contributed by atoms with E-state index in [0.29, 0.717) is 11.8 Å². The van der Waals surface area contributed by atoms with Crippen molar-refractivity contribution in [1.29, 1.82) is 0 Å². The van der Waals surface area contributed by atoms with Gasteiger partial charge in [0.05, 0.1) is 17.6 Å². The second-order valence-electron chi connectivity index (χ2n) is 10.7. The summed E-state index contributed by atoms with van der Waals surface area (Å²) < 4.78 is 45.0. The van der Waals surface area contributed by atoms with Gasteiger partial charge in [-0.05, 0) is 41.3 Å². The molecular formula is C33H29ClF3N3O5. The molecule has 3 aromatic rings. The molecule has 3 aromatic carbocycles. The van der Waals surface area contributed by atoms with Gasteiger partial charge in [-0.3, -0.25) is 14.5 Å². The van der Waals surface area contributed by atoms with Crippen molar-refractivity contribution in [2.24, 2.45) is 0 Å². The summed E-state index contributed by atoms with van der Waals surface area (Å²) in [6.07, 6.45) is -3.19. The summed E-state index contributed by atoms with van der Waals surface area (Å²) in [5, 5.41) is 2.78. The van der Waals surface area contributed by atoms with Crippen LogP contribution in [0.4, 0.5) is 18.0 Å². The number of nitrogens with zero attached hydrogens (tertiary/aromatic N) is 2. The first-order valence-corrected chi connectivity index (χ1v) is 14.6. The molecule has 0 bridgehead atoms. The van der Waals surface area contributed by atoms with Gasteiger partial charge in [0.25, 0.3) is 0 Å². The fourth-order valence-electron chi connectivity index (χ4n) is 5.65. The number of hydrogen-bond acceptors (Lipinski definition) is 5. The number of rotatable bonds is 11. The molecule has 234 valence electrons. The third kappa shape index (κ3) is 6.88. The summed E-state index contributed by atoms with van der Waals surface area (Å²) in [6.45, 7) is -0.246. The van der Waals surface area contributed by atoms with E-state index in [1.165, 1.54) is 21.9 Å². The molecule has 45 heavy (non-hydrogen) atoms. The lowest BCUT2D eigenvalue weighted by Gasteiger charge is -2.53. The number of β-lactam (4-membered cyclic amide) rings is 1. The maximum Gasteiger partial charge on any atom is 0.416 e. The van der Waals surface area contributed by atoms with E-state index in [1.54, 1.807) is 42.5 Å². The van der Waals surface area contributed by atoms with E-state index in [4.69, 9.17) is 16.3 Å². The highest BCUT2D eigenvalue weighted by Crippen LogP contribution is 2.42. The lowest BCUT2D eigenvalue weighted by molar-refractivity contribution is -0.163. The molecule has 2 heterocycles. The average Bonchev–Trinajstić information content (AvgIpc) is 3.41. The van der Waals surface area contributed by atoms with Crippen molar-refractivity contribution in [3.8, 4) is 0 Å². The number of likely N-dealkylation sites (tertiary alicyclic amines) is 1. The van der Waals surface area contributed by atoms with Crippen LogP contribution in [0.25, 0.3) is 6.08 Å². The van der Waals surface area contributed by atoms with Gasteiger partial charge in [-0.25, -0.2) is 4.79 Å². The van der Waals surface area contributed by atoms with Crippen molar-refractivity contribution in [2.75, 3.05) is 6.61 Å². The highest BCUT2D eigenvalue weighted by molar-refractivity contribution is 6.33. The van der Waals surface area contributed by atoms with Crippen LogP contribution in [0.3, 0.4) is 0 Å². The van der Waals surface area contributed by atoms with Gasteiger partial charge in [-0.2, -0.15) is 13.2 Å². The van der Waals surface area contributed by atoms with Crippen molar-refractivity contribution < 1.29 is 37.1 Å². The second-order valence-corrected chi connectivity index (χ2v) is 11.1. The zero-order valence-electron chi connectivity index (χ0n) is 23.8. The van der Waals surface area contributed by atoms with Crippen LogP contribution in [0.1, 0.15) is 41.1 Å². The predicted molar refractivity (Wildman–Crippen MR) is 159 cm³/mol. The summed E-state index contributed by atoms with van der Waals surface area (Å²) >= 11 is 6.89. The van der Waals surface area contributed by atoms with Crippen LogP contribution in [-0.4, -0.2) is 58.7 Å². The molecule has 1 unspecified atom stereocenters. The summed E-state index contributed by atoms with van der Waals surface area (Å²) in [4.78, 5) is 54.6. The fourth-order valence-corrected chi connectivity index (χ4v) is 6.00. The molecule has 0 aromatic heterocycles. The number of halogens is 4. The van der Waals surface area contributed by atoms with Crippen molar-refractivity contribution in [3.05, 3.63) is 112 Å². The molecule has 0 aliphatic carbocycles. The first-order chi connectivity index (χ1) is 21.6. The van der Waals surface area contributed by atoms with E-state index in [2.05, 4.69) is 5.32 Å². The average molecular weight is 640 g/mol. The van der Waals surface area contributed by atoms with Crippen molar-refractivity contribution >= 4 is 41.9 Å². The van der Waals surface area contributed by atoms with Crippen LogP contribution < -0.4 is 5.32 Å². The minimum absolute atomic E-state index is 0.00537. The predicted octanol–water partition coefficient (Wildman–Crippen LogP) is 5.72. The number of carbonyl (C=O) groups excluding carboxylic acids is 4. The largest absolute Gasteiger partial charge is 0.447 e. The number of nitrogens with one attached hydrogen (secondary N) is 1. The van der Waals surface area contributed by atoms with Crippen LogP contribution in [0.2, 0.25) is 0 Å². The Bertz CT molecular complexity index is 1590. The molecule has 4 atom stereocenters. The van der Waals surface area contributed by atoms with Crippen LogP contribution in [-0.2, 0) is 31.8 Å². The van der Waals surface area contributed by atoms with Crippen molar-refractivity contribution in [1.82, 2.24) is 15.1 Å². The Morgan fingerprint density at radius 3 is 2.38 bits per heavy atom. The zero-order chi connectivity index (χ0) is 32.1. The molecule has 5 rings (SSSR count). The maximum absolute atomic E-state index is 14.0. The monoisotopic (exact) mass is 639 g/mol. The Morgan fingerprint density at radius 2 is 1.71 bits per heavy atom. The Labute approximate surface area is 262 Å². The Hall–Kier alpha value is -4.64. The van der Waals surface area contributed by atoms with Gasteiger partial charge < -0.3 is 19.7 Å². The van der Waals surface area contributed by atoms with Crippen LogP contribution in [0, 0.1) is 0 Å². The zero-order valence-corrected chi connectivity index (χ0v) is 24.6. The number of aldehydes is 1. The van der Waals surface area contributed by atoms with Gasteiger partial charge in [0.1, 0.15) is 25.0 Å². The first-order valence-electron chi connectivity index (χ1n) is 14.2. The van der Waals surface area contributed by atoms with Gasteiger partial charge in [-0.1, -0.05) is 84.4 Å². The number of ether oxygens (including phenoxy) is 1. The van der Waals surface area contributed by atoms with Gasteiger partial charge in [-0.15, -0.1) is 0 Å². The third-order valence-electron chi connectivity index (χ3n) is 7.81. The van der Waals surface area contributed by atoms with E-state index in [9.17, 15) is 32.3 Å². The molecule has 12 heteroatoms. The molecule has 2 saturated heterocycles. The number of hydrogen-bond donors (Lipinski definition) is 1. The Morgan fingerprint density at radius 1 is 1.02 bits per heavy atom. The minimum atomic E-state index is -4.56. The first kappa shape index (κ1) is 31.8. The van der Waals surface area contributed by atoms with E-state index in [0.717, 1.165) is 17.7 Å². The number of alkyl halides is 3. The molecule has 1 N–H and O–H groups in total. The smallest absolute Gasteiger partial charge is 0.416 e. The molecule has 0 saturated carbocycles. The van der Waals surface area contributed by atoms with Crippen molar-refractivity contribution in [3.63, 3.8) is 0 Å². The standard InChI is InChI=1S/C33H29ClF3N3O5/c34-25(18-21-9-3-1-4-10-21)28-29(40-27(20-45-32(40)44)23-12-5-2-6-13-23)31(43)39(28)26(15-8-16-41)30(42)38-19-22-11-7-14-24(17-22)33(35,36)37/h1-7,9-14,16-18,26-29H,8,15,19-20H2,(H,38,42)/b25-18-/t26-,27?,28+,29-/m0/s1. The molecule has 3 amide bonds. The third-order valence-corrected chi connectivity index (χ3v) is 8.14. The normalized spacial score (nSPS) is 20.8. The highest BCUT2D eigenvalue weighted by atomic mass is 35.5. The number of carbonyl (C=O) groups is 4. The summed E-state index contributed by atoms with van der Waals surface area (Å²) in [6, 6.07) is 18.7. The maximum atomic E-state index is 14.0. The SMILES string of the molecule is O=CCC[C@@H](C(=O)NCc1cccc(C(F)(F)F)c1)N1C(=O)[C@@H](N2C(=O)OCC2c2ccccc2)[C@H]1/C(Cl)=C/c1ccccc1. The van der Waals surface area contributed by atoms with Crippen LogP contribution in [0.15, 0.2) is 90.0 Å². The highest BCUT2D eigenvalue weighted by Gasteiger charge is 2.59. The lowest BCUT2D eigenvalue weighted by atomic mass is 9.87. The Kier molecular flexibility index (Phi) is 9.57. The van der Waals surface area contributed by atoms with Crippen LogP contribution >= 0.6 is 11.6 Å². The van der Waals surface area contributed by atoms with E-state index < -0.39 is 53.8 Å². The fraction of sp³-hybridized carbons (Fsp3) is 0.273. The molecular weight excluding hydrogens is 611 g/mol. The Balaban J connectivity index is 1.47. The van der Waals surface area contributed by atoms with E-state index in [1.807, 2.05) is 24.3 Å². The molecule has 0 spiro atoms. The molecule has 0 radical (unpaired) electrons. The summed E-state index contributed by atoms with van der Waals surface area (Å²) in [7, 11) is 0. The van der Waals surface area contributed by atoms with Crippen LogP contribution in [0.5, 0.6) is 0 Å². The number of benzene rings is 3. The van der Waals surface area contributed by atoms with Gasteiger partial charge in [0.15, 0.2) is 0 Å². The second kappa shape index (κ2) is 13.6. The van der Waals surface area contributed by atoms with E-state index >= 15 is 0 Å². The lowest BCUT2D eigenvalue weighted by Crippen LogP contribution is -2.75. The van der Waals surface area contributed by atoms with E-state index in [-0.39, 0.29) is 36.6 Å². The van der Waals surface area contributed by atoms with Crippen molar-refractivity contribution in [2.45, 2.75) is 49.7 Å².